The summed E-state index contributed by atoms with van der Waals surface area (Å²) in [5.74, 6) is 0. The highest BCUT2D eigenvalue weighted by molar-refractivity contribution is 6.80. The Balaban J connectivity index is 2.63. The third-order valence-electron chi connectivity index (χ3n) is 4.10. The summed E-state index contributed by atoms with van der Waals surface area (Å²) in [5, 5.41) is 0. The molecular formula is C15H31NSi. The van der Waals surface area contributed by atoms with Gasteiger partial charge in [-0.15, -0.1) is 0 Å². The van der Waals surface area contributed by atoms with E-state index in [4.69, 9.17) is 0 Å². The molecule has 0 aliphatic carbocycles. The van der Waals surface area contributed by atoms with Crippen LogP contribution in [0.1, 0.15) is 46.5 Å². The molecule has 0 spiro atoms. The Labute approximate surface area is 109 Å². The highest BCUT2D eigenvalue weighted by Gasteiger charge is 2.32. The van der Waals surface area contributed by atoms with E-state index in [9.17, 15) is 0 Å². The molecule has 1 aliphatic rings. The standard InChI is InChI=1S/C15H31NSi/c1-4-7-14-17(12-5-2,13-6-3)15-16-10-8-9-11-16/h4,7H,5-6,8-15H2,1-3H3. The van der Waals surface area contributed by atoms with Crippen molar-refractivity contribution in [3.63, 3.8) is 0 Å². The molecule has 0 atom stereocenters. The second kappa shape index (κ2) is 8.10. The van der Waals surface area contributed by atoms with Gasteiger partial charge in [0, 0.05) is 0 Å². The van der Waals surface area contributed by atoms with Crippen LogP contribution in [0.4, 0.5) is 0 Å². The van der Waals surface area contributed by atoms with Crippen LogP contribution in [0.25, 0.3) is 0 Å². The molecule has 0 N–H and O–H groups in total. The van der Waals surface area contributed by atoms with E-state index in [-0.39, 0.29) is 0 Å². The summed E-state index contributed by atoms with van der Waals surface area (Å²) in [5.41, 5.74) is 0. The van der Waals surface area contributed by atoms with E-state index in [0.717, 1.165) is 0 Å². The molecular weight excluding hydrogens is 222 g/mol. The normalized spacial score (nSPS) is 18.3. The summed E-state index contributed by atoms with van der Waals surface area (Å²) in [6.07, 6.45) is 11.8. The molecule has 1 saturated heterocycles. The van der Waals surface area contributed by atoms with Crippen molar-refractivity contribution in [3.05, 3.63) is 12.2 Å². The molecule has 17 heavy (non-hydrogen) atoms. The highest BCUT2D eigenvalue weighted by atomic mass is 28.3. The number of nitrogens with zero attached hydrogens (tertiary/aromatic N) is 1. The average molecular weight is 254 g/mol. The number of allylic oxidation sites excluding steroid dienone is 2. The number of hydrogen-bond acceptors (Lipinski definition) is 1. The molecule has 0 unspecified atom stereocenters. The van der Waals surface area contributed by atoms with Gasteiger partial charge in [0.25, 0.3) is 0 Å². The molecule has 0 aromatic carbocycles. The minimum Gasteiger partial charge on any atom is -0.306 e. The molecule has 100 valence electrons. The fourth-order valence-corrected chi connectivity index (χ4v) is 8.62. The molecule has 1 rings (SSSR count). The molecule has 1 fully saturated rings. The van der Waals surface area contributed by atoms with E-state index in [2.05, 4.69) is 37.8 Å². The van der Waals surface area contributed by atoms with Crippen LogP contribution in [0, 0.1) is 0 Å². The fraction of sp³-hybridized carbons (Fsp3) is 0.867. The van der Waals surface area contributed by atoms with E-state index < -0.39 is 8.07 Å². The van der Waals surface area contributed by atoms with Gasteiger partial charge in [-0.2, -0.15) is 0 Å². The molecule has 1 aliphatic heterocycles. The van der Waals surface area contributed by atoms with Crippen LogP contribution in [0.15, 0.2) is 12.2 Å². The van der Waals surface area contributed by atoms with Crippen LogP contribution in [-0.2, 0) is 0 Å². The van der Waals surface area contributed by atoms with E-state index in [1.807, 2.05) is 0 Å². The maximum atomic E-state index is 2.76. The highest BCUT2D eigenvalue weighted by Crippen LogP contribution is 2.27. The second-order valence-corrected chi connectivity index (χ2v) is 10.5. The average Bonchev–Trinajstić information content (AvgIpc) is 2.80. The van der Waals surface area contributed by atoms with Gasteiger partial charge < -0.3 is 4.90 Å². The van der Waals surface area contributed by atoms with Crippen molar-refractivity contribution in [2.45, 2.75) is 64.6 Å². The van der Waals surface area contributed by atoms with Crippen LogP contribution in [0.5, 0.6) is 0 Å². The first kappa shape index (κ1) is 15.0. The summed E-state index contributed by atoms with van der Waals surface area (Å²) in [7, 11) is -1.04. The van der Waals surface area contributed by atoms with Gasteiger partial charge in [-0.05, 0) is 45.1 Å². The van der Waals surface area contributed by atoms with Gasteiger partial charge in [0.05, 0.1) is 8.07 Å². The van der Waals surface area contributed by atoms with Crippen LogP contribution in [0.3, 0.4) is 0 Å². The predicted octanol–water partition coefficient (Wildman–Crippen LogP) is 4.47. The molecule has 1 heterocycles. The van der Waals surface area contributed by atoms with Crippen LogP contribution < -0.4 is 0 Å². The van der Waals surface area contributed by atoms with Crippen molar-refractivity contribution < 1.29 is 0 Å². The Morgan fingerprint density at radius 3 is 2.12 bits per heavy atom. The van der Waals surface area contributed by atoms with Crippen LogP contribution >= 0.6 is 0 Å². The van der Waals surface area contributed by atoms with Crippen molar-refractivity contribution >= 4 is 8.07 Å². The van der Waals surface area contributed by atoms with Crippen molar-refractivity contribution in [3.8, 4) is 0 Å². The summed E-state index contributed by atoms with van der Waals surface area (Å²) >= 11 is 0. The number of rotatable bonds is 8. The Morgan fingerprint density at radius 1 is 1.06 bits per heavy atom. The van der Waals surface area contributed by atoms with E-state index in [1.54, 1.807) is 0 Å². The topological polar surface area (TPSA) is 3.24 Å². The lowest BCUT2D eigenvalue weighted by atomic mass is 10.4. The Bertz CT molecular complexity index is 213. The Kier molecular flexibility index (Phi) is 7.13. The summed E-state index contributed by atoms with van der Waals surface area (Å²) in [6.45, 7) is 9.66. The molecule has 0 saturated carbocycles. The lowest BCUT2D eigenvalue weighted by Gasteiger charge is -2.34. The first-order valence-corrected chi connectivity index (χ1v) is 10.4. The van der Waals surface area contributed by atoms with Crippen molar-refractivity contribution in [2.24, 2.45) is 0 Å². The largest absolute Gasteiger partial charge is 0.306 e. The first-order chi connectivity index (χ1) is 8.26. The molecule has 1 nitrogen and oxygen atoms in total. The molecule has 0 bridgehead atoms. The minimum atomic E-state index is -1.04. The molecule has 0 amide bonds. The predicted molar refractivity (Wildman–Crippen MR) is 81.2 cm³/mol. The van der Waals surface area contributed by atoms with Crippen LogP contribution in [0.2, 0.25) is 18.1 Å². The van der Waals surface area contributed by atoms with Crippen molar-refractivity contribution in [1.82, 2.24) is 4.90 Å². The Morgan fingerprint density at radius 2 is 1.65 bits per heavy atom. The number of likely N-dealkylation sites (tertiary alicyclic amines) is 1. The summed E-state index contributed by atoms with van der Waals surface area (Å²) in [6, 6.07) is 4.48. The van der Waals surface area contributed by atoms with Crippen LogP contribution in [-0.4, -0.2) is 32.2 Å². The zero-order chi connectivity index (χ0) is 12.6. The van der Waals surface area contributed by atoms with Gasteiger partial charge in [-0.25, -0.2) is 0 Å². The molecule has 2 heteroatoms. The lowest BCUT2D eigenvalue weighted by Crippen LogP contribution is -2.46. The zero-order valence-electron chi connectivity index (χ0n) is 12.2. The monoisotopic (exact) mass is 253 g/mol. The van der Waals surface area contributed by atoms with E-state index in [1.165, 1.54) is 63.1 Å². The van der Waals surface area contributed by atoms with Gasteiger partial charge in [-0.3, -0.25) is 0 Å². The van der Waals surface area contributed by atoms with E-state index >= 15 is 0 Å². The van der Waals surface area contributed by atoms with Gasteiger partial charge in [0.2, 0.25) is 0 Å². The molecule has 0 aromatic heterocycles. The fourth-order valence-electron chi connectivity index (χ4n) is 3.40. The van der Waals surface area contributed by atoms with Gasteiger partial charge in [-0.1, -0.05) is 50.9 Å². The lowest BCUT2D eigenvalue weighted by molar-refractivity contribution is 0.386. The van der Waals surface area contributed by atoms with Gasteiger partial charge >= 0.3 is 0 Å². The summed E-state index contributed by atoms with van der Waals surface area (Å²) in [4.78, 5) is 2.76. The van der Waals surface area contributed by atoms with Gasteiger partial charge in [0.15, 0.2) is 0 Å². The third-order valence-corrected chi connectivity index (χ3v) is 9.45. The Hall–Kier alpha value is -0.0831. The van der Waals surface area contributed by atoms with E-state index in [0.29, 0.717) is 0 Å². The maximum Gasteiger partial charge on any atom is 0.0727 e. The minimum absolute atomic E-state index is 1.04. The van der Waals surface area contributed by atoms with Crippen molar-refractivity contribution in [2.75, 3.05) is 19.3 Å². The SMILES string of the molecule is CC=CC[Si](CCC)(CCC)CN1CCCC1. The first-order valence-electron chi connectivity index (χ1n) is 7.60. The summed E-state index contributed by atoms with van der Waals surface area (Å²) < 4.78 is 0. The second-order valence-electron chi connectivity index (χ2n) is 5.76. The molecule has 0 aromatic rings. The van der Waals surface area contributed by atoms with Gasteiger partial charge in [0.1, 0.15) is 0 Å². The third kappa shape index (κ3) is 4.97. The smallest absolute Gasteiger partial charge is 0.0727 e. The van der Waals surface area contributed by atoms with Crippen molar-refractivity contribution in [1.29, 1.82) is 0 Å². The quantitative estimate of drug-likeness (QED) is 0.456. The number of hydrogen-bond donors (Lipinski definition) is 0. The maximum absolute atomic E-state index is 2.76. The zero-order valence-corrected chi connectivity index (χ0v) is 13.2. The molecule has 0 radical (unpaired) electrons.